The van der Waals surface area contributed by atoms with Gasteiger partial charge in [-0.2, -0.15) is 0 Å². The molecule has 0 amide bonds. The molecule has 2 rings (SSSR count). The molecular weight excluding hydrogens is 217 g/mol. The molecule has 0 spiro atoms. The maximum atomic E-state index is 13.3. The van der Waals surface area contributed by atoms with Crippen molar-refractivity contribution >= 4 is 11.4 Å². The summed E-state index contributed by atoms with van der Waals surface area (Å²) in [5.74, 6) is -0.351. The summed E-state index contributed by atoms with van der Waals surface area (Å²) in [6, 6.07) is 5.84. The van der Waals surface area contributed by atoms with Crippen molar-refractivity contribution in [3.05, 3.63) is 24.0 Å². The molecule has 0 aromatic heterocycles. The Bertz CT molecular complexity index is 394. The van der Waals surface area contributed by atoms with Crippen molar-refractivity contribution in [2.24, 2.45) is 0 Å². The second-order valence-electron chi connectivity index (χ2n) is 4.90. The molecule has 2 atom stereocenters. The number of rotatable bonds is 2. The van der Waals surface area contributed by atoms with Gasteiger partial charge in [0, 0.05) is 18.6 Å². The molecule has 0 bridgehead atoms. The molecule has 0 aliphatic carbocycles. The van der Waals surface area contributed by atoms with Crippen molar-refractivity contribution in [2.75, 3.05) is 24.6 Å². The van der Waals surface area contributed by atoms with Crippen LogP contribution in [0.5, 0.6) is 0 Å². The van der Waals surface area contributed by atoms with Crippen LogP contribution in [0.3, 0.4) is 0 Å². The van der Waals surface area contributed by atoms with Crippen LogP contribution >= 0.6 is 0 Å². The summed E-state index contributed by atoms with van der Waals surface area (Å²) in [5.41, 5.74) is 6.65. The molecule has 1 aliphatic heterocycles. The first-order valence-corrected chi connectivity index (χ1v) is 6.08. The number of hydrogen-bond donors (Lipinski definition) is 2. The zero-order valence-corrected chi connectivity index (χ0v) is 10.4. The minimum atomic E-state index is -0.351. The number of hydrogen-bond acceptors (Lipinski definition) is 3. The minimum absolute atomic E-state index is 0.221. The summed E-state index contributed by atoms with van der Waals surface area (Å²) < 4.78 is 13.3. The third kappa shape index (κ3) is 2.69. The standard InChI is InChI=1S/C13H20FN3/c1-9-8-10(6-7-17(9)2)16-12-5-3-4-11(14)13(12)15/h3-5,9-10,16H,6-8,15H2,1-2H3. The van der Waals surface area contributed by atoms with E-state index in [1.807, 2.05) is 6.07 Å². The monoisotopic (exact) mass is 237 g/mol. The van der Waals surface area contributed by atoms with E-state index in [1.165, 1.54) is 6.07 Å². The Hall–Kier alpha value is -1.29. The Labute approximate surface area is 102 Å². The van der Waals surface area contributed by atoms with Crippen LogP contribution < -0.4 is 11.1 Å². The number of nitrogens with one attached hydrogen (secondary N) is 1. The Morgan fingerprint density at radius 1 is 1.47 bits per heavy atom. The molecule has 2 unspecified atom stereocenters. The summed E-state index contributed by atoms with van der Waals surface area (Å²) in [6.07, 6.45) is 2.13. The van der Waals surface area contributed by atoms with Gasteiger partial charge < -0.3 is 16.0 Å². The van der Waals surface area contributed by atoms with E-state index in [2.05, 4.69) is 24.2 Å². The summed E-state index contributed by atoms with van der Waals surface area (Å²) in [4.78, 5) is 2.34. The lowest BCUT2D eigenvalue weighted by molar-refractivity contribution is 0.190. The Morgan fingerprint density at radius 2 is 2.24 bits per heavy atom. The van der Waals surface area contributed by atoms with Crippen molar-refractivity contribution in [1.29, 1.82) is 0 Å². The van der Waals surface area contributed by atoms with Gasteiger partial charge in [-0.15, -0.1) is 0 Å². The second-order valence-corrected chi connectivity index (χ2v) is 4.90. The fourth-order valence-corrected chi connectivity index (χ4v) is 2.30. The van der Waals surface area contributed by atoms with Gasteiger partial charge in [0.15, 0.2) is 0 Å². The lowest BCUT2D eigenvalue weighted by Crippen LogP contribution is -2.42. The van der Waals surface area contributed by atoms with Crippen molar-refractivity contribution in [3.63, 3.8) is 0 Å². The number of nitrogens with two attached hydrogens (primary N) is 1. The van der Waals surface area contributed by atoms with E-state index in [-0.39, 0.29) is 11.5 Å². The smallest absolute Gasteiger partial charge is 0.148 e. The van der Waals surface area contributed by atoms with Gasteiger partial charge in [0.1, 0.15) is 5.82 Å². The number of nitrogen functional groups attached to an aromatic ring is 1. The number of nitrogens with zero attached hydrogens (tertiary/aromatic N) is 1. The van der Waals surface area contributed by atoms with Gasteiger partial charge in [-0.05, 0) is 38.9 Å². The predicted octanol–water partition coefficient (Wildman–Crippen LogP) is 2.30. The maximum Gasteiger partial charge on any atom is 0.148 e. The number of piperidine rings is 1. The van der Waals surface area contributed by atoms with Crippen molar-refractivity contribution in [2.45, 2.75) is 31.8 Å². The van der Waals surface area contributed by atoms with Crippen LogP contribution in [0.2, 0.25) is 0 Å². The van der Waals surface area contributed by atoms with Crippen LogP contribution in [0, 0.1) is 5.82 Å². The molecule has 3 N–H and O–H groups in total. The van der Waals surface area contributed by atoms with Crippen LogP contribution in [0.4, 0.5) is 15.8 Å². The largest absolute Gasteiger partial charge is 0.395 e. The van der Waals surface area contributed by atoms with E-state index in [9.17, 15) is 4.39 Å². The number of likely N-dealkylation sites (tertiary alicyclic amines) is 1. The highest BCUT2D eigenvalue weighted by Gasteiger charge is 2.23. The Kier molecular flexibility index (Phi) is 3.52. The van der Waals surface area contributed by atoms with Gasteiger partial charge in [-0.25, -0.2) is 4.39 Å². The topological polar surface area (TPSA) is 41.3 Å². The molecule has 4 heteroatoms. The van der Waals surface area contributed by atoms with Crippen molar-refractivity contribution < 1.29 is 4.39 Å². The molecule has 1 heterocycles. The van der Waals surface area contributed by atoms with E-state index in [0.717, 1.165) is 19.4 Å². The first-order valence-electron chi connectivity index (χ1n) is 6.08. The minimum Gasteiger partial charge on any atom is -0.395 e. The van der Waals surface area contributed by atoms with E-state index in [0.29, 0.717) is 17.8 Å². The molecule has 1 aromatic carbocycles. The maximum absolute atomic E-state index is 13.3. The fraction of sp³-hybridized carbons (Fsp3) is 0.538. The van der Waals surface area contributed by atoms with Crippen molar-refractivity contribution in [3.8, 4) is 0 Å². The van der Waals surface area contributed by atoms with Crippen molar-refractivity contribution in [1.82, 2.24) is 4.90 Å². The number of benzene rings is 1. The van der Waals surface area contributed by atoms with Crippen LogP contribution in [-0.2, 0) is 0 Å². The van der Waals surface area contributed by atoms with Crippen LogP contribution in [0.1, 0.15) is 19.8 Å². The van der Waals surface area contributed by atoms with E-state index < -0.39 is 0 Å². The lowest BCUT2D eigenvalue weighted by Gasteiger charge is -2.36. The van der Waals surface area contributed by atoms with Gasteiger partial charge in [0.25, 0.3) is 0 Å². The van der Waals surface area contributed by atoms with Gasteiger partial charge in [-0.3, -0.25) is 0 Å². The summed E-state index contributed by atoms with van der Waals surface area (Å²) in [6.45, 7) is 3.27. The SMILES string of the molecule is CC1CC(Nc2cccc(F)c2N)CCN1C. The number of para-hydroxylation sites is 1. The summed E-state index contributed by atoms with van der Waals surface area (Å²) in [7, 11) is 2.14. The molecule has 0 radical (unpaired) electrons. The van der Waals surface area contributed by atoms with Crippen LogP contribution in [0.25, 0.3) is 0 Å². The number of anilines is 2. The molecule has 94 valence electrons. The van der Waals surface area contributed by atoms with Gasteiger partial charge >= 0.3 is 0 Å². The average Bonchev–Trinajstić information content (AvgIpc) is 2.30. The molecule has 1 aromatic rings. The molecule has 0 saturated carbocycles. The summed E-state index contributed by atoms with van der Waals surface area (Å²) in [5, 5.41) is 3.35. The average molecular weight is 237 g/mol. The third-order valence-electron chi connectivity index (χ3n) is 3.62. The molecule has 1 aliphatic rings. The third-order valence-corrected chi connectivity index (χ3v) is 3.62. The molecule has 1 fully saturated rings. The zero-order chi connectivity index (χ0) is 12.4. The highest BCUT2D eigenvalue weighted by Crippen LogP contribution is 2.25. The molecule has 17 heavy (non-hydrogen) atoms. The Balaban J connectivity index is 2.04. The van der Waals surface area contributed by atoms with Gasteiger partial charge in [0.05, 0.1) is 11.4 Å². The van der Waals surface area contributed by atoms with Gasteiger partial charge in [-0.1, -0.05) is 6.07 Å². The normalized spacial score (nSPS) is 25.8. The predicted molar refractivity (Wildman–Crippen MR) is 69.5 cm³/mol. The Morgan fingerprint density at radius 3 is 2.94 bits per heavy atom. The van der Waals surface area contributed by atoms with E-state index in [1.54, 1.807) is 6.07 Å². The fourth-order valence-electron chi connectivity index (χ4n) is 2.30. The van der Waals surface area contributed by atoms with E-state index in [4.69, 9.17) is 5.73 Å². The first-order chi connectivity index (χ1) is 8.08. The molecular formula is C13H20FN3. The van der Waals surface area contributed by atoms with Crippen LogP contribution in [-0.4, -0.2) is 30.6 Å². The lowest BCUT2D eigenvalue weighted by atomic mass is 9.98. The zero-order valence-electron chi connectivity index (χ0n) is 10.4. The highest BCUT2D eigenvalue weighted by molar-refractivity contribution is 5.66. The molecule has 3 nitrogen and oxygen atoms in total. The van der Waals surface area contributed by atoms with E-state index >= 15 is 0 Å². The first kappa shape index (κ1) is 12.2. The van der Waals surface area contributed by atoms with Crippen LogP contribution in [0.15, 0.2) is 18.2 Å². The van der Waals surface area contributed by atoms with Gasteiger partial charge in [0.2, 0.25) is 0 Å². The quantitative estimate of drug-likeness (QED) is 0.775. The number of halogens is 1. The second kappa shape index (κ2) is 4.92. The molecule has 1 saturated heterocycles. The highest BCUT2D eigenvalue weighted by atomic mass is 19.1. The summed E-state index contributed by atoms with van der Waals surface area (Å²) >= 11 is 0.